The number of aryl methyl sites for hydroxylation is 4. The topological polar surface area (TPSA) is 75.3 Å². The molecule has 0 saturated heterocycles. The van der Waals surface area contributed by atoms with Gasteiger partial charge < -0.3 is 5.32 Å². The lowest BCUT2D eigenvalue weighted by molar-refractivity contribution is -0.117. The van der Waals surface area contributed by atoms with E-state index >= 15 is 0 Å². The molecule has 168 valence electrons. The van der Waals surface area contributed by atoms with E-state index in [0.29, 0.717) is 16.8 Å². The van der Waals surface area contributed by atoms with E-state index in [1.165, 1.54) is 0 Å². The van der Waals surface area contributed by atoms with Gasteiger partial charge in [-0.1, -0.05) is 60.2 Å². The van der Waals surface area contributed by atoms with Gasteiger partial charge in [0.05, 0.1) is 4.90 Å². The van der Waals surface area contributed by atoms with Gasteiger partial charge in [0.2, 0.25) is 15.9 Å². The Bertz CT molecular complexity index is 1210. The molecule has 6 heteroatoms. The highest BCUT2D eigenvalue weighted by Gasteiger charge is 2.28. The summed E-state index contributed by atoms with van der Waals surface area (Å²) in [6.45, 7) is 9.38. The summed E-state index contributed by atoms with van der Waals surface area (Å²) in [5.74, 6) is -0.395. The Labute approximate surface area is 190 Å². The fourth-order valence-electron chi connectivity index (χ4n) is 3.98. The third kappa shape index (κ3) is 5.44. The molecule has 0 aliphatic rings. The third-order valence-electron chi connectivity index (χ3n) is 5.63. The summed E-state index contributed by atoms with van der Waals surface area (Å²) in [5, 5.41) is 2.92. The number of benzene rings is 3. The molecule has 0 spiro atoms. The number of carbonyl (C=O) groups is 1. The average molecular weight is 451 g/mol. The van der Waals surface area contributed by atoms with Gasteiger partial charge in [0.15, 0.2) is 0 Å². The van der Waals surface area contributed by atoms with Crippen LogP contribution in [-0.4, -0.2) is 20.4 Å². The second-order valence-corrected chi connectivity index (χ2v) is 9.98. The number of amides is 1. The van der Waals surface area contributed by atoms with Gasteiger partial charge in [0, 0.05) is 5.69 Å². The van der Waals surface area contributed by atoms with Gasteiger partial charge in [-0.2, -0.15) is 4.72 Å². The average Bonchev–Trinajstić information content (AvgIpc) is 2.70. The largest absolute Gasteiger partial charge is 0.324 e. The van der Waals surface area contributed by atoms with Crippen LogP contribution in [0.15, 0.2) is 65.6 Å². The van der Waals surface area contributed by atoms with Gasteiger partial charge in [-0.05, 0) is 74.9 Å². The van der Waals surface area contributed by atoms with Crippen LogP contribution in [0.5, 0.6) is 0 Å². The number of rotatable bonds is 7. The summed E-state index contributed by atoms with van der Waals surface area (Å²) in [7, 11) is -3.92. The quantitative estimate of drug-likeness (QED) is 0.545. The minimum atomic E-state index is -3.92. The lowest BCUT2D eigenvalue weighted by Gasteiger charge is -2.21. The normalized spacial score (nSPS) is 12.4. The van der Waals surface area contributed by atoms with Crippen molar-refractivity contribution in [2.45, 2.75) is 52.0 Å². The Morgan fingerprint density at radius 1 is 0.844 bits per heavy atom. The fraction of sp³-hybridized carbons (Fsp3) is 0.269. The summed E-state index contributed by atoms with van der Waals surface area (Å²) in [6.07, 6.45) is 0.237. The van der Waals surface area contributed by atoms with Crippen LogP contribution in [0.25, 0.3) is 0 Å². The predicted octanol–water partition coefficient (Wildman–Crippen LogP) is 4.76. The molecule has 3 aromatic carbocycles. The molecule has 3 rings (SSSR count). The van der Waals surface area contributed by atoms with Crippen molar-refractivity contribution in [3.63, 3.8) is 0 Å². The smallest absolute Gasteiger partial charge is 0.242 e. The summed E-state index contributed by atoms with van der Waals surface area (Å²) in [5.41, 5.74) is 5.85. The first-order valence-electron chi connectivity index (χ1n) is 10.6. The Balaban J connectivity index is 1.96. The molecule has 0 fully saturated rings. The molecule has 1 atom stereocenters. The molecule has 3 aromatic rings. The predicted molar refractivity (Wildman–Crippen MR) is 129 cm³/mol. The number of anilines is 1. The maximum atomic E-state index is 13.4. The van der Waals surface area contributed by atoms with Crippen LogP contribution in [0, 0.1) is 34.6 Å². The van der Waals surface area contributed by atoms with Crippen molar-refractivity contribution in [3.8, 4) is 0 Å². The summed E-state index contributed by atoms with van der Waals surface area (Å²) in [6, 6.07) is 17.8. The lowest BCUT2D eigenvalue weighted by atomic mass is 10.0. The number of nitrogens with one attached hydrogen (secondary N) is 2. The van der Waals surface area contributed by atoms with Crippen molar-refractivity contribution < 1.29 is 13.2 Å². The van der Waals surface area contributed by atoms with Crippen LogP contribution in [-0.2, 0) is 21.2 Å². The highest BCUT2D eigenvalue weighted by atomic mass is 32.2. The second-order valence-electron chi connectivity index (χ2n) is 8.33. The number of carbonyl (C=O) groups excluding carboxylic acids is 1. The number of hydrogen-bond acceptors (Lipinski definition) is 3. The van der Waals surface area contributed by atoms with Crippen molar-refractivity contribution in [2.75, 3.05) is 5.32 Å². The van der Waals surface area contributed by atoms with Crippen LogP contribution in [0.1, 0.15) is 33.4 Å². The Kier molecular flexibility index (Phi) is 7.16. The highest BCUT2D eigenvalue weighted by Crippen LogP contribution is 2.23. The minimum Gasteiger partial charge on any atom is -0.324 e. The first kappa shape index (κ1) is 23.7. The van der Waals surface area contributed by atoms with Gasteiger partial charge in [-0.15, -0.1) is 0 Å². The molecular formula is C26H30N2O3S. The molecule has 0 heterocycles. The molecule has 1 unspecified atom stereocenters. The van der Waals surface area contributed by atoms with Gasteiger partial charge in [0.25, 0.3) is 0 Å². The molecule has 0 aliphatic carbocycles. The third-order valence-corrected chi connectivity index (χ3v) is 7.41. The van der Waals surface area contributed by atoms with Crippen molar-refractivity contribution in [2.24, 2.45) is 0 Å². The molecule has 5 nitrogen and oxygen atoms in total. The molecule has 0 radical (unpaired) electrons. The van der Waals surface area contributed by atoms with Gasteiger partial charge in [-0.25, -0.2) is 8.42 Å². The maximum absolute atomic E-state index is 13.4. The first-order chi connectivity index (χ1) is 15.1. The number of sulfonamides is 1. The van der Waals surface area contributed by atoms with Crippen molar-refractivity contribution in [1.29, 1.82) is 0 Å². The first-order valence-corrected chi connectivity index (χ1v) is 12.1. The van der Waals surface area contributed by atoms with Crippen LogP contribution < -0.4 is 10.0 Å². The van der Waals surface area contributed by atoms with Crippen molar-refractivity contribution >= 4 is 21.6 Å². The molecule has 0 aromatic heterocycles. The Morgan fingerprint density at radius 2 is 1.47 bits per heavy atom. The van der Waals surface area contributed by atoms with Gasteiger partial charge in [0.1, 0.15) is 6.04 Å². The Hall–Kier alpha value is -2.96. The molecular weight excluding hydrogens is 420 g/mol. The number of hydrogen-bond donors (Lipinski definition) is 2. The zero-order chi connectivity index (χ0) is 23.5. The van der Waals surface area contributed by atoms with Crippen LogP contribution in [0.2, 0.25) is 0 Å². The summed E-state index contributed by atoms with van der Waals surface area (Å²) < 4.78 is 29.4. The molecule has 0 bridgehead atoms. The van der Waals surface area contributed by atoms with Crippen LogP contribution in [0.3, 0.4) is 0 Å². The van der Waals surface area contributed by atoms with Crippen LogP contribution >= 0.6 is 0 Å². The van der Waals surface area contributed by atoms with E-state index in [1.807, 2.05) is 81.4 Å². The summed E-state index contributed by atoms with van der Waals surface area (Å²) >= 11 is 0. The monoisotopic (exact) mass is 450 g/mol. The highest BCUT2D eigenvalue weighted by molar-refractivity contribution is 7.89. The zero-order valence-electron chi connectivity index (χ0n) is 19.2. The molecule has 0 saturated carbocycles. The van der Waals surface area contributed by atoms with E-state index in [4.69, 9.17) is 0 Å². The molecule has 32 heavy (non-hydrogen) atoms. The van der Waals surface area contributed by atoms with Crippen molar-refractivity contribution in [1.82, 2.24) is 4.72 Å². The standard InChI is InChI=1S/C26H30N2O3S/c1-17-14-19(3)25(20(4)15-17)32(30,31)28-24(16-22-11-7-6-8-12-22)26(29)27-23-13-9-10-18(2)21(23)5/h6-15,24,28H,16H2,1-5H3,(H,27,29). The van der Waals surface area contributed by atoms with E-state index in [9.17, 15) is 13.2 Å². The van der Waals surface area contributed by atoms with E-state index in [0.717, 1.165) is 22.3 Å². The SMILES string of the molecule is Cc1cc(C)c(S(=O)(=O)NC(Cc2ccccc2)C(=O)Nc2cccc(C)c2C)c(C)c1. The molecule has 0 aliphatic heterocycles. The Morgan fingerprint density at radius 3 is 2.09 bits per heavy atom. The van der Waals surface area contributed by atoms with Gasteiger partial charge >= 0.3 is 0 Å². The molecule has 2 N–H and O–H groups in total. The van der Waals surface area contributed by atoms with E-state index < -0.39 is 22.0 Å². The van der Waals surface area contributed by atoms with Gasteiger partial charge in [-0.3, -0.25) is 4.79 Å². The molecule has 1 amide bonds. The van der Waals surface area contributed by atoms with E-state index in [2.05, 4.69) is 10.0 Å². The lowest BCUT2D eigenvalue weighted by Crippen LogP contribution is -2.45. The van der Waals surface area contributed by atoms with Crippen molar-refractivity contribution in [3.05, 3.63) is 94.0 Å². The van der Waals surface area contributed by atoms with Crippen LogP contribution in [0.4, 0.5) is 5.69 Å². The fourth-order valence-corrected chi connectivity index (χ4v) is 5.63. The minimum absolute atomic E-state index is 0.223. The second kappa shape index (κ2) is 9.67. The van der Waals surface area contributed by atoms with E-state index in [-0.39, 0.29) is 11.3 Å². The van der Waals surface area contributed by atoms with E-state index in [1.54, 1.807) is 13.8 Å². The summed E-state index contributed by atoms with van der Waals surface area (Å²) in [4.78, 5) is 13.5. The zero-order valence-corrected chi connectivity index (χ0v) is 20.0. The maximum Gasteiger partial charge on any atom is 0.242 e.